The van der Waals surface area contributed by atoms with Gasteiger partial charge in [0.25, 0.3) is 0 Å². The Bertz CT molecular complexity index is 589. The second-order valence-electron chi connectivity index (χ2n) is 5.53. The molecule has 0 aromatic heterocycles. The highest BCUT2D eigenvalue weighted by Gasteiger charge is 2.34. The maximum absolute atomic E-state index is 13.3. The molecule has 20 heavy (non-hydrogen) atoms. The molecule has 0 saturated heterocycles. The van der Waals surface area contributed by atoms with Crippen LogP contribution in [0.5, 0.6) is 0 Å². The van der Waals surface area contributed by atoms with E-state index in [1.807, 2.05) is 0 Å². The number of rotatable bonds is 3. The molecule has 2 N–H and O–H groups in total. The van der Waals surface area contributed by atoms with Gasteiger partial charge in [-0.3, -0.25) is 0 Å². The number of sulfonamides is 1. The number of halogens is 1. The molecule has 0 spiro atoms. The van der Waals surface area contributed by atoms with Gasteiger partial charge in [-0.1, -0.05) is 19.8 Å². The highest BCUT2D eigenvalue weighted by molar-refractivity contribution is 7.89. The SMILES string of the molecule is CC1CCCCC1N(C)S(=O)(=O)c1cc(F)ccc1N. The highest BCUT2D eigenvalue weighted by atomic mass is 32.2. The summed E-state index contributed by atoms with van der Waals surface area (Å²) in [7, 11) is -2.19. The van der Waals surface area contributed by atoms with Gasteiger partial charge >= 0.3 is 0 Å². The molecule has 112 valence electrons. The molecular weight excluding hydrogens is 279 g/mol. The zero-order chi connectivity index (χ0) is 14.9. The molecule has 1 aromatic rings. The van der Waals surface area contributed by atoms with E-state index in [4.69, 9.17) is 5.73 Å². The van der Waals surface area contributed by atoms with Gasteiger partial charge in [-0.15, -0.1) is 0 Å². The number of nitrogen functional groups attached to an aromatic ring is 1. The number of hydrogen-bond donors (Lipinski definition) is 1. The van der Waals surface area contributed by atoms with Crippen LogP contribution in [-0.2, 0) is 10.0 Å². The van der Waals surface area contributed by atoms with E-state index in [-0.39, 0.29) is 16.6 Å². The van der Waals surface area contributed by atoms with Crippen molar-refractivity contribution in [3.05, 3.63) is 24.0 Å². The molecular formula is C14H21FN2O2S. The van der Waals surface area contributed by atoms with Crippen LogP contribution in [0.15, 0.2) is 23.1 Å². The largest absolute Gasteiger partial charge is 0.398 e. The van der Waals surface area contributed by atoms with Crippen LogP contribution in [0.1, 0.15) is 32.6 Å². The Hall–Kier alpha value is -1.14. The molecule has 1 fully saturated rings. The summed E-state index contributed by atoms with van der Waals surface area (Å²) < 4.78 is 39.9. The van der Waals surface area contributed by atoms with E-state index in [1.54, 1.807) is 7.05 Å². The molecule has 0 heterocycles. The topological polar surface area (TPSA) is 63.4 Å². The van der Waals surface area contributed by atoms with E-state index in [2.05, 4.69) is 6.92 Å². The summed E-state index contributed by atoms with van der Waals surface area (Å²) >= 11 is 0. The Morgan fingerprint density at radius 2 is 1.95 bits per heavy atom. The Labute approximate surface area is 119 Å². The van der Waals surface area contributed by atoms with Crippen molar-refractivity contribution in [1.82, 2.24) is 4.31 Å². The van der Waals surface area contributed by atoms with Crippen molar-refractivity contribution in [1.29, 1.82) is 0 Å². The van der Waals surface area contributed by atoms with Gasteiger partial charge in [0.1, 0.15) is 10.7 Å². The molecule has 2 unspecified atom stereocenters. The van der Waals surface area contributed by atoms with Gasteiger partial charge < -0.3 is 5.73 Å². The first-order chi connectivity index (χ1) is 9.34. The van der Waals surface area contributed by atoms with Gasteiger partial charge in [-0.25, -0.2) is 12.8 Å². The van der Waals surface area contributed by atoms with Crippen molar-refractivity contribution in [2.24, 2.45) is 5.92 Å². The predicted molar refractivity (Wildman–Crippen MR) is 77.2 cm³/mol. The van der Waals surface area contributed by atoms with Gasteiger partial charge in [0, 0.05) is 13.1 Å². The Morgan fingerprint density at radius 1 is 1.30 bits per heavy atom. The first-order valence-electron chi connectivity index (χ1n) is 6.87. The summed E-state index contributed by atoms with van der Waals surface area (Å²) in [5, 5.41) is 0. The molecule has 1 saturated carbocycles. The van der Waals surface area contributed by atoms with Gasteiger partial charge in [-0.05, 0) is 37.0 Å². The minimum Gasteiger partial charge on any atom is -0.398 e. The van der Waals surface area contributed by atoms with Crippen molar-refractivity contribution in [2.75, 3.05) is 12.8 Å². The summed E-state index contributed by atoms with van der Waals surface area (Å²) in [6, 6.07) is 3.41. The average Bonchev–Trinajstić information content (AvgIpc) is 2.41. The smallest absolute Gasteiger partial charge is 0.245 e. The second kappa shape index (κ2) is 5.69. The number of anilines is 1. The quantitative estimate of drug-likeness (QED) is 0.873. The monoisotopic (exact) mass is 300 g/mol. The van der Waals surface area contributed by atoms with Crippen molar-refractivity contribution in [2.45, 2.75) is 43.5 Å². The number of nitrogens with zero attached hydrogens (tertiary/aromatic N) is 1. The lowest BCUT2D eigenvalue weighted by Crippen LogP contribution is -2.42. The van der Waals surface area contributed by atoms with E-state index in [0.29, 0.717) is 5.92 Å². The Kier molecular flexibility index (Phi) is 4.34. The third kappa shape index (κ3) is 2.81. The number of hydrogen-bond acceptors (Lipinski definition) is 3. The molecule has 6 heteroatoms. The predicted octanol–water partition coefficient (Wildman–Crippen LogP) is 2.61. The lowest BCUT2D eigenvalue weighted by molar-refractivity contribution is 0.213. The molecule has 2 rings (SSSR count). The van der Waals surface area contributed by atoms with Crippen molar-refractivity contribution >= 4 is 15.7 Å². The van der Waals surface area contributed by atoms with E-state index >= 15 is 0 Å². The fraction of sp³-hybridized carbons (Fsp3) is 0.571. The number of nitrogens with two attached hydrogens (primary N) is 1. The van der Waals surface area contributed by atoms with Crippen LogP contribution >= 0.6 is 0 Å². The average molecular weight is 300 g/mol. The summed E-state index contributed by atoms with van der Waals surface area (Å²) in [6.07, 6.45) is 4.01. The Morgan fingerprint density at radius 3 is 2.60 bits per heavy atom. The molecule has 2 atom stereocenters. The lowest BCUT2D eigenvalue weighted by Gasteiger charge is -2.35. The van der Waals surface area contributed by atoms with Crippen LogP contribution in [-0.4, -0.2) is 25.8 Å². The first kappa shape index (κ1) is 15.3. The summed E-state index contributed by atoms with van der Waals surface area (Å²) in [5.41, 5.74) is 5.79. The lowest BCUT2D eigenvalue weighted by atomic mass is 9.86. The van der Waals surface area contributed by atoms with Gasteiger partial charge in [0.2, 0.25) is 10.0 Å². The summed E-state index contributed by atoms with van der Waals surface area (Å²) in [6.45, 7) is 2.06. The maximum atomic E-state index is 13.3. The molecule has 0 bridgehead atoms. The van der Waals surface area contributed by atoms with Crippen LogP contribution in [0.2, 0.25) is 0 Å². The van der Waals surface area contributed by atoms with Crippen LogP contribution in [0, 0.1) is 11.7 Å². The van der Waals surface area contributed by atoms with Crippen LogP contribution in [0.3, 0.4) is 0 Å². The molecule has 0 amide bonds. The van der Waals surface area contributed by atoms with Gasteiger partial charge in [-0.2, -0.15) is 4.31 Å². The first-order valence-corrected chi connectivity index (χ1v) is 8.31. The molecule has 0 radical (unpaired) electrons. The molecule has 1 aliphatic carbocycles. The zero-order valence-electron chi connectivity index (χ0n) is 11.8. The molecule has 1 aromatic carbocycles. The number of benzene rings is 1. The minimum absolute atomic E-state index is 0.0450. The summed E-state index contributed by atoms with van der Waals surface area (Å²) in [4.78, 5) is -0.141. The van der Waals surface area contributed by atoms with Crippen molar-refractivity contribution in [3.63, 3.8) is 0 Å². The molecule has 1 aliphatic rings. The fourth-order valence-electron chi connectivity index (χ4n) is 2.90. The highest BCUT2D eigenvalue weighted by Crippen LogP contribution is 2.32. The van der Waals surface area contributed by atoms with Crippen LogP contribution in [0.25, 0.3) is 0 Å². The van der Waals surface area contributed by atoms with Crippen molar-refractivity contribution in [3.8, 4) is 0 Å². The van der Waals surface area contributed by atoms with E-state index in [0.717, 1.165) is 37.8 Å². The van der Waals surface area contributed by atoms with Gasteiger partial charge in [0.05, 0.1) is 5.69 Å². The van der Waals surface area contributed by atoms with E-state index < -0.39 is 15.8 Å². The van der Waals surface area contributed by atoms with E-state index in [9.17, 15) is 12.8 Å². The standard InChI is InChI=1S/C14H21FN2O2S/c1-10-5-3-4-6-13(10)17(2)20(18,19)14-9-11(15)7-8-12(14)16/h7-10,13H,3-6,16H2,1-2H3. The maximum Gasteiger partial charge on any atom is 0.245 e. The van der Waals surface area contributed by atoms with Crippen LogP contribution < -0.4 is 5.73 Å². The summed E-state index contributed by atoms with van der Waals surface area (Å²) in [5.74, 6) is -0.291. The zero-order valence-corrected chi connectivity index (χ0v) is 12.7. The van der Waals surface area contributed by atoms with E-state index in [1.165, 1.54) is 10.4 Å². The second-order valence-corrected chi connectivity index (χ2v) is 7.50. The third-order valence-corrected chi connectivity index (χ3v) is 6.10. The third-order valence-electron chi connectivity index (χ3n) is 4.17. The van der Waals surface area contributed by atoms with Crippen LogP contribution in [0.4, 0.5) is 10.1 Å². The minimum atomic E-state index is -3.76. The molecule has 0 aliphatic heterocycles. The normalized spacial score (nSPS) is 24.0. The Balaban J connectivity index is 2.36. The molecule has 4 nitrogen and oxygen atoms in total. The van der Waals surface area contributed by atoms with Gasteiger partial charge in [0.15, 0.2) is 0 Å². The van der Waals surface area contributed by atoms with Crippen molar-refractivity contribution < 1.29 is 12.8 Å². The fourth-order valence-corrected chi connectivity index (χ4v) is 4.51.